The number of benzene rings is 2. The van der Waals surface area contributed by atoms with Gasteiger partial charge in [0.1, 0.15) is 11.4 Å². The zero-order chi connectivity index (χ0) is 23.7. The van der Waals surface area contributed by atoms with Crippen molar-refractivity contribution in [1.29, 1.82) is 0 Å². The molecule has 0 unspecified atom stereocenters. The Bertz CT molecular complexity index is 1370. The number of carbonyl (C=O) groups excluding carboxylic acids is 2. The summed E-state index contributed by atoms with van der Waals surface area (Å²) >= 11 is 1.39. The number of hydrogen-bond donors (Lipinski definition) is 1. The topological polar surface area (TPSA) is 62.3 Å². The molecule has 0 aliphatic heterocycles. The van der Waals surface area contributed by atoms with Crippen LogP contribution in [0.4, 0.5) is 5.69 Å². The number of para-hydroxylation sites is 2. The van der Waals surface area contributed by atoms with E-state index in [4.69, 9.17) is 4.98 Å². The van der Waals surface area contributed by atoms with Crippen molar-refractivity contribution in [2.45, 2.75) is 52.0 Å². The maximum atomic E-state index is 13.8. The van der Waals surface area contributed by atoms with Crippen LogP contribution in [0.15, 0.2) is 54.6 Å². The van der Waals surface area contributed by atoms with E-state index in [2.05, 4.69) is 11.4 Å². The van der Waals surface area contributed by atoms with Gasteiger partial charge in [-0.25, -0.2) is 4.98 Å². The van der Waals surface area contributed by atoms with E-state index in [1.54, 1.807) is 4.90 Å². The zero-order valence-electron chi connectivity index (χ0n) is 19.6. The van der Waals surface area contributed by atoms with Crippen LogP contribution in [-0.2, 0) is 4.79 Å². The summed E-state index contributed by atoms with van der Waals surface area (Å²) < 4.78 is 0. The smallest absolute Gasteiger partial charge is 0.268 e. The molecule has 0 atom stereocenters. The molecule has 6 heteroatoms. The Kier molecular flexibility index (Phi) is 6.33. The number of fused-ring (bicyclic) bond motifs is 2. The van der Waals surface area contributed by atoms with Gasteiger partial charge in [-0.05, 0) is 56.0 Å². The highest BCUT2D eigenvalue weighted by Crippen LogP contribution is 2.31. The fourth-order valence-corrected chi connectivity index (χ4v) is 5.81. The Labute approximate surface area is 203 Å². The number of carbonyl (C=O) groups is 2. The summed E-state index contributed by atoms with van der Waals surface area (Å²) in [6, 6.07) is 18.0. The summed E-state index contributed by atoms with van der Waals surface area (Å²) in [4.78, 5) is 34.7. The summed E-state index contributed by atoms with van der Waals surface area (Å²) in [6.45, 7) is 4.02. The SMILES string of the molecule is Cc1ccccc1N(CC(=O)NC1CCCCC1)C(=O)c1cc2cc3cccc(C)c3nc2s1. The summed E-state index contributed by atoms with van der Waals surface area (Å²) in [6.07, 6.45) is 5.55. The van der Waals surface area contributed by atoms with Crippen LogP contribution >= 0.6 is 11.3 Å². The standard InChI is InChI=1S/C28H29N3O2S/c1-18-9-6-7-14-23(18)31(17-25(32)29-22-12-4-3-5-13-22)28(33)24-16-21-15-20-11-8-10-19(2)26(20)30-27(21)34-24/h6-11,14-16,22H,3-5,12-13,17H2,1-2H3,(H,29,32). The number of rotatable bonds is 5. The number of amides is 2. The molecule has 174 valence electrons. The molecule has 0 spiro atoms. The highest BCUT2D eigenvalue weighted by Gasteiger charge is 2.25. The van der Waals surface area contributed by atoms with Crippen LogP contribution in [0.3, 0.4) is 0 Å². The van der Waals surface area contributed by atoms with E-state index in [-0.39, 0.29) is 24.4 Å². The number of aryl methyl sites for hydroxylation is 2. The minimum atomic E-state index is -0.170. The lowest BCUT2D eigenvalue weighted by molar-refractivity contribution is -0.120. The van der Waals surface area contributed by atoms with Crippen molar-refractivity contribution in [2.75, 3.05) is 11.4 Å². The van der Waals surface area contributed by atoms with Crippen LogP contribution in [0.1, 0.15) is 52.9 Å². The molecule has 2 amide bonds. The molecule has 1 N–H and O–H groups in total. The normalized spacial score (nSPS) is 14.4. The van der Waals surface area contributed by atoms with E-state index < -0.39 is 0 Å². The Balaban J connectivity index is 1.47. The molecule has 1 aliphatic rings. The maximum absolute atomic E-state index is 13.8. The Hall–Kier alpha value is -3.25. The fraction of sp³-hybridized carbons (Fsp3) is 0.321. The number of hydrogen-bond acceptors (Lipinski definition) is 4. The number of nitrogens with zero attached hydrogens (tertiary/aromatic N) is 2. The lowest BCUT2D eigenvalue weighted by atomic mass is 9.95. The lowest BCUT2D eigenvalue weighted by Gasteiger charge is -2.27. The van der Waals surface area contributed by atoms with E-state index in [9.17, 15) is 9.59 Å². The maximum Gasteiger partial charge on any atom is 0.268 e. The molecule has 5 rings (SSSR count). The van der Waals surface area contributed by atoms with Crippen LogP contribution in [0.25, 0.3) is 21.1 Å². The van der Waals surface area contributed by atoms with Crippen molar-refractivity contribution in [3.8, 4) is 0 Å². The van der Waals surface area contributed by atoms with Crippen LogP contribution in [0.2, 0.25) is 0 Å². The quantitative estimate of drug-likeness (QED) is 0.379. The van der Waals surface area contributed by atoms with Crippen molar-refractivity contribution in [2.24, 2.45) is 0 Å². The van der Waals surface area contributed by atoms with E-state index in [0.717, 1.165) is 63.6 Å². The van der Waals surface area contributed by atoms with Gasteiger partial charge in [0.25, 0.3) is 5.91 Å². The molecule has 2 aromatic heterocycles. The highest BCUT2D eigenvalue weighted by molar-refractivity contribution is 7.20. The monoisotopic (exact) mass is 471 g/mol. The number of anilines is 1. The average molecular weight is 472 g/mol. The second kappa shape index (κ2) is 9.55. The molecule has 34 heavy (non-hydrogen) atoms. The van der Waals surface area contributed by atoms with E-state index in [0.29, 0.717) is 4.88 Å². The second-order valence-electron chi connectivity index (χ2n) is 9.22. The lowest BCUT2D eigenvalue weighted by Crippen LogP contribution is -2.45. The molecule has 1 saturated carbocycles. The molecule has 2 aromatic carbocycles. The highest BCUT2D eigenvalue weighted by atomic mass is 32.1. The van der Waals surface area contributed by atoms with Crippen molar-refractivity contribution in [1.82, 2.24) is 10.3 Å². The number of pyridine rings is 1. The van der Waals surface area contributed by atoms with E-state index in [1.165, 1.54) is 17.8 Å². The second-order valence-corrected chi connectivity index (χ2v) is 10.3. The van der Waals surface area contributed by atoms with Crippen LogP contribution < -0.4 is 10.2 Å². The molecule has 5 nitrogen and oxygen atoms in total. The van der Waals surface area contributed by atoms with Gasteiger partial charge in [0, 0.05) is 22.5 Å². The van der Waals surface area contributed by atoms with Crippen molar-refractivity contribution in [3.05, 3.63) is 70.6 Å². The molecular weight excluding hydrogens is 442 g/mol. The van der Waals surface area contributed by atoms with Gasteiger partial charge in [-0.1, -0.05) is 55.7 Å². The van der Waals surface area contributed by atoms with Gasteiger partial charge in [0.15, 0.2) is 0 Å². The van der Waals surface area contributed by atoms with Crippen molar-refractivity contribution in [3.63, 3.8) is 0 Å². The van der Waals surface area contributed by atoms with Crippen molar-refractivity contribution < 1.29 is 9.59 Å². The minimum absolute atomic E-state index is 0.00292. The van der Waals surface area contributed by atoms with E-state index in [1.807, 2.05) is 62.4 Å². The van der Waals surface area contributed by atoms with Gasteiger partial charge in [0.05, 0.1) is 10.4 Å². The van der Waals surface area contributed by atoms with Gasteiger partial charge >= 0.3 is 0 Å². The number of aromatic nitrogens is 1. The summed E-state index contributed by atoms with van der Waals surface area (Å²) in [7, 11) is 0. The van der Waals surface area contributed by atoms with E-state index >= 15 is 0 Å². The summed E-state index contributed by atoms with van der Waals surface area (Å²) in [5.41, 5.74) is 3.79. The largest absolute Gasteiger partial charge is 0.352 e. The Morgan fingerprint density at radius 1 is 0.971 bits per heavy atom. The Morgan fingerprint density at radius 3 is 2.53 bits per heavy atom. The molecular formula is C28H29N3O2S. The molecule has 0 radical (unpaired) electrons. The van der Waals surface area contributed by atoms with Crippen LogP contribution in [0.5, 0.6) is 0 Å². The molecule has 2 heterocycles. The predicted molar refractivity (Wildman–Crippen MR) is 140 cm³/mol. The summed E-state index contributed by atoms with van der Waals surface area (Å²) in [5, 5.41) is 5.17. The first kappa shape index (κ1) is 22.5. The average Bonchev–Trinajstić information content (AvgIpc) is 3.25. The first-order valence-electron chi connectivity index (χ1n) is 12.0. The first-order valence-corrected chi connectivity index (χ1v) is 12.8. The van der Waals surface area contributed by atoms with Gasteiger partial charge in [-0.3, -0.25) is 14.5 Å². The van der Waals surface area contributed by atoms with Gasteiger partial charge < -0.3 is 5.32 Å². The third-order valence-corrected chi connectivity index (χ3v) is 7.70. The third kappa shape index (κ3) is 4.55. The fourth-order valence-electron chi connectivity index (χ4n) is 4.84. The third-order valence-electron chi connectivity index (χ3n) is 6.67. The number of thiophene rings is 1. The molecule has 0 saturated heterocycles. The van der Waals surface area contributed by atoms with Crippen LogP contribution in [0, 0.1) is 13.8 Å². The molecule has 1 fully saturated rings. The molecule has 0 bridgehead atoms. The summed E-state index contributed by atoms with van der Waals surface area (Å²) in [5.74, 6) is -0.277. The Morgan fingerprint density at radius 2 is 1.74 bits per heavy atom. The van der Waals surface area contributed by atoms with Gasteiger partial charge in [-0.15, -0.1) is 11.3 Å². The van der Waals surface area contributed by atoms with Crippen molar-refractivity contribution >= 4 is 50.0 Å². The van der Waals surface area contributed by atoms with Gasteiger partial charge in [0.2, 0.25) is 5.91 Å². The minimum Gasteiger partial charge on any atom is -0.352 e. The van der Waals surface area contributed by atoms with Gasteiger partial charge in [-0.2, -0.15) is 0 Å². The molecule has 4 aromatic rings. The zero-order valence-corrected chi connectivity index (χ0v) is 20.5. The predicted octanol–water partition coefficient (Wildman–Crippen LogP) is 6.16. The molecule has 1 aliphatic carbocycles. The van der Waals surface area contributed by atoms with Crippen LogP contribution in [-0.4, -0.2) is 29.4 Å². The first-order chi connectivity index (χ1) is 16.5. The number of nitrogens with one attached hydrogen (secondary N) is 1.